The van der Waals surface area contributed by atoms with Crippen molar-refractivity contribution in [2.24, 2.45) is 0 Å². The molecule has 0 saturated carbocycles. The minimum Gasteiger partial charge on any atom is -0.349 e. The number of aromatic nitrogens is 2. The quantitative estimate of drug-likeness (QED) is 0.805. The molecule has 0 bridgehead atoms. The number of thiophene rings is 1. The van der Waals surface area contributed by atoms with E-state index in [4.69, 9.17) is 0 Å². The summed E-state index contributed by atoms with van der Waals surface area (Å²) in [5.41, 5.74) is 1.34. The number of halogens is 1. The lowest BCUT2D eigenvalue weighted by Gasteiger charge is -2.01. The van der Waals surface area contributed by atoms with Gasteiger partial charge in [-0.3, -0.25) is 0 Å². The molecule has 0 aliphatic heterocycles. The Morgan fingerprint density at radius 2 is 2.44 bits per heavy atom. The second kappa shape index (κ2) is 6.18. The molecule has 2 aromatic rings. The van der Waals surface area contributed by atoms with E-state index in [2.05, 4.69) is 42.7 Å². The fraction of sp³-hybridized carbons (Fsp3) is 0.364. The normalized spacial score (nSPS) is 10.8. The number of nitrogens with one attached hydrogen (secondary N) is 2. The van der Waals surface area contributed by atoms with Crippen LogP contribution in [0.2, 0.25) is 0 Å². The number of imidazole rings is 1. The molecule has 2 rings (SSSR count). The molecular weight excluding hydrogens is 286 g/mol. The number of hydrogen-bond donors (Lipinski definition) is 2. The van der Waals surface area contributed by atoms with Gasteiger partial charge >= 0.3 is 0 Å². The molecule has 2 aromatic heterocycles. The lowest BCUT2D eigenvalue weighted by Crippen LogP contribution is -2.15. The molecule has 2 N–H and O–H groups in total. The van der Waals surface area contributed by atoms with Gasteiger partial charge in [0.2, 0.25) is 0 Å². The van der Waals surface area contributed by atoms with Crippen LogP contribution in [0.5, 0.6) is 0 Å². The Labute approximate surface area is 107 Å². The molecule has 0 aliphatic carbocycles. The molecular formula is C11H14BrN3S. The lowest BCUT2D eigenvalue weighted by molar-refractivity contribution is 0.642. The van der Waals surface area contributed by atoms with E-state index in [9.17, 15) is 0 Å². The van der Waals surface area contributed by atoms with Crippen LogP contribution < -0.4 is 5.32 Å². The van der Waals surface area contributed by atoms with Gasteiger partial charge in [-0.05, 0) is 45.9 Å². The maximum absolute atomic E-state index is 4.19. The van der Waals surface area contributed by atoms with Gasteiger partial charge in [-0.15, -0.1) is 11.3 Å². The number of nitrogens with zero attached hydrogens (tertiary/aromatic N) is 1. The highest BCUT2D eigenvalue weighted by molar-refractivity contribution is 9.11. The van der Waals surface area contributed by atoms with E-state index >= 15 is 0 Å². The van der Waals surface area contributed by atoms with Crippen molar-refractivity contribution in [2.45, 2.75) is 19.4 Å². The number of hydrogen-bond acceptors (Lipinski definition) is 3. The summed E-state index contributed by atoms with van der Waals surface area (Å²) >= 11 is 5.19. The maximum Gasteiger partial charge on any atom is 0.106 e. The van der Waals surface area contributed by atoms with E-state index in [1.54, 1.807) is 17.5 Å². The Hall–Kier alpha value is -0.650. The number of rotatable bonds is 6. The third-order valence-electron chi connectivity index (χ3n) is 2.27. The molecule has 0 atom stereocenters. The Bertz CT molecular complexity index is 411. The fourth-order valence-corrected chi connectivity index (χ4v) is 2.70. The average Bonchev–Trinajstić information content (AvgIpc) is 2.89. The smallest absolute Gasteiger partial charge is 0.106 e. The molecule has 5 heteroatoms. The molecule has 16 heavy (non-hydrogen) atoms. The number of H-pyrrole nitrogens is 1. The third kappa shape index (κ3) is 3.73. The Morgan fingerprint density at radius 3 is 3.12 bits per heavy atom. The van der Waals surface area contributed by atoms with Crippen LogP contribution in [0.3, 0.4) is 0 Å². The van der Waals surface area contributed by atoms with E-state index < -0.39 is 0 Å². The molecule has 0 spiro atoms. The second-order valence-electron chi connectivity index (χ2n) is 3.58. The van der Waals surface area contributed by atoms with Gasteiger partial charge in [-0.25, -0.2) is 4.98 Å². The van der Waals surface area contributed by atoms with E-state index in [0.717, 1.165) is 31.8 Å². The summed E-state index contributed by atoms with van der Waals surface area (Å²) in [7, 11) is 0. The van der Waals surface area contributed by atoms with E-state index in [1.807, 2.05) is 6.20 Å². The maximum atomic E-state index is 4.19. The largest absolute Gasteiger partial charge is 0.349 e. The Kier molecular flexibility index (Phi) is 4.56. The summed E-state index contributed by atoms with van der Waals surface area (Å²) < 4.78 is 1.19. The molecule has 0 radical (unpaired) electrons. The minimum absolute atomic E-state index is 0.945. The van der Waals surface area contributed by atoms with Crippen molar-refractivity contribution in [3.05, 3.63) is 39.0 Å². The Balaban J connectivity index is 1.59. The monoisotopic (exact) mass is 299 g/mol. The summed E-state index contributed by atoms with van der Waals surface area (Å²) in [5.74, 6) is 1.07. The van der Waals surface area contributed by atoms with Gasteiger partial charge in [0, 0.05) is 25.4 Å². The third-order valence-corrected chi connectivity index (χ3v) is 3.83. The van der Waals surface area contributed by atoms with Crippen molar-refractivity contribution < 1.29 is 0 Å². The van der Waals surface area contributed by atoms with Crippen LogP contribution in [0.15, 0.2) is 27.6 Å². The number of aromatic amines is 1. The predicted molar refractivity (Wildman–Crippen MR) is 70.6 cm³/mol. The van der Waals surface area contributed by atoms with Gasteiger partial charge < -0.3 is 10.3 Å². The first-order valence-corrected chi connectivity index (χ1v) is 6.94. The fourth-order valence-electron chi connectivity index (χ4n) is 1.49. The summed E-state index contributed by atoms with van der Waals surface area (Å²) in [4.78, 5) is 7.29. The first kappa shape index (κ1) is 11.8. The van der Waals surface area contributed by atoms with Crippen molar-refractivity contribution in [1.82, 2.24) is 15.3 Å². The minimum atomic E-state index is 0.945. The lowest BCUT2D eigenvalue weighted by atomic mass is 10.3. The summed E-state index contributed by atoms with van der Waals surface area (Å²) in [5, 5.41) is 5.59. The first-order valence-electron chi connectivity index (χ1n) is 5.26. The predicted octanol–water partition coefficient (Wildman–Crippen LogP) is 2.96. The van der Waals surface area contributed by atoms with Crippen LogP contribution in [0.1, 0.15) is 17.8 Å². The highest BCUT2D eigenvalue weighted by Crippen LogP contribution is 2.20. The molecule has 0 aromatic carbocycles. The first-order chi connectivity index (χ1) is 7.84. The zero-order valence-electron chi connectivity index (χ0n) is 8.87. The van der Waals surface area contributed by atoms with E-state index in [1.165, 1.54) is 9.35 Å². The molecule has 0 amide bonds. The summed E-state index contributed by atoms with van der Waals surface area (Å²) in [6, 6.07) is 2.16. The topological polar surface area (TPSA) is 40.7 Å². The highest BCUT2D eigenvalue weighted by atomic mass is 79.9. The van der Waals surface area contributed by atoms with Crippen LogP contribution in [-0.2, 0) is 13.0 Å². The molecule has 0 aliphatic rings. The SMILES string of the molecule is Brc1cc(CNCCCc2ncc[nH]2)cs1. The summed E-state index contributed by atoms with van der Waals surface area (Å²) in [6.07, 6.45) is 5.78. The number of aryl methyl sites for hydroxylation is 1. The van der Waals surface area contributed by atoms with Gasteiger partial charge in [0.15, 0.2) is 0 Å². The van der Waals surface area contributed by atoms with Crippen molar-refractivity contribution in [1.29, 1.82) is 0 Å². The van der Waals surface area contributed by atoms with Gasteiger partial charge in [-0.2, -0.15) is 0 Å². The van der Waals surface area contributed by atoms with Crippen LogP contribution in [0.25, 0.3) is 0 Å². The highest BCUT2D eigenvalue weighted by Gasteiger charge is 1.97. The standard InChI is InChI=1S/C11H14BrN3S/c12-10-6-9(8-16-10)7-13-3-1-2-11-14-4-5-15-11/h4-6,8,13H,1-3,7H2,(H,14,15). The zero-order valence-corrected chi connectivity index (χ0v) is 11.3. The van der Waals surface area contributed by atoms with Crippen molar-refractivity contribution in [2.75, 3.05) is 6.54 Å². The van der Waals surface area contributed by atoms with Gasteiger partial charge in [0.1, 0.15) is 5.82 Å². The van der Waals surface area contributed by atoms with Crippen molar-refractivity contribution in [3.63, 3.8) is 0 Å². The van der Waals surface area contributed by atoms with Crippen LogP contribution in [0, 0.1) is 0 Å². The molecule has 3 nitrogen and oxygen atoms in total. The molecule has 86 valence electrons. The van der Waals surface area contributed by atoms with Crippen LogP contribution >= 0.6 is 27.3 Å². The van der Waals surface area contributed by atoms with Gasteiger partial charge in [0.25, 0.3) is 0 Å². The van der Waals surface area contributed by atoms with Gasteiger partial charge in [0.05, 0.1) is 3.79 Å². The van der Waals surface area contributed by atoms with Crippen molar-refractivity contribution >= 4 is 27.3 Å². The molecule has 0 saturated heterocycles. The Morgan fingerprint density at radius 1 is 1.50 bits per heavy atom. The van der Waals surface area contributed by atoms with E-state index in [-0.39, 0.29) is 0 Å². The van der Waals surface area contributed by atoms with Gasteiger partial charge in [-0.1, -0.05) is 0 Å². The second-order valence-corrected chi connectivity index (χ2v) is 5.87. The average molecular weight is 300 g/mol. The molecule has 0 fully saturated rings. The molecule has 2 heterocycles. The summed E-state index contributed by atoms with van der Waals surface area (Å²) in [6.45, 7) is 1.97. The van der Waals surface area contributed by atoms with Crippen LogP contribution in [0.4, 0.5) is 0 Å². The van der Waals surface area contributed by atoms with Crippen molar-refractivity contribution in [3.8, 4) is 0 Å². The van der Waals surface area contributed by atoms with Crippen LogP contribution in [-0.4, -0.2) is 16.5 Å². The molecule has 0 unspecified atom stereocenters. The van der Waals surface area contributed by atoms with E-state index in [0.29, 0.717) is 0 Å². The zero-order chi connectivity index (χ0) is 11.2.